The van der Waals surface area contributed by atoms with Crippen molar-refractivity contribution in [1.29, 1.82) is 0 Å². The van der Waals surface area contributed by atoms with Gasteiger partial charge in [0.2, 0.25) is 0 Å². The lowest BCUT2D eigenvalue weighted by Gasteiger charge is -2.28. The summed E-state index contributed by atoms with van der Waals surface area (Å²) in [6, 6.07) is 11.0. The van der Waals surface area contributed by atoms with E-state index in [2.05, 4.69) is 5.16 Å². The third-order valence-electron chi connectivity index (χ3n) is 6.65. The zero-order valence-electron chi connectivity index (χ0n) is 19.9. The monoisotopic (exact) mass is 465 g/mol. The predicted octanol–water partition coefficient (Wildman–Crippen LogP) is 2.65. The summed E-state index contributed by atoms with van der Waals surface area (Å²) in [5.41, 5.74) is 5.60. The zero-order chi connectivity index (χ0) is 24.2. The summed E-state index contributed by atoms with van der Waals surface area (Å²) in [4.78, 5) is 35.3. The Kier molecular flexibility index (Phi) is 7.29. The van der Waals surface area contributed by atoms with Gasteiger partial charge in [0.05, 0.1) is 38.1 Å². The fourth-order valence-corrected chi connectivity index (χ4v) is 4.60. The molecule has 0 spiro atoms. The van der Waals surface area contributed by atoms with E-state index in [1.807, 2.05) is 38.1 Å². The molecule has 8 nitrogen and oxygen atoms in total. The van der Waals surface area contributed by atoms with Crippen LogP contribution in [0.1, 0.15) is 38.3 Å². The van der Waals surface area contributed by atoms with Gasteiger partial charge in [-0.1, -0.05) is 29.4 Å². The molecule has 2 amide bonds. The number of likely N-dealkylation sites (tertiary alicyclic amines) is 1. The van der Waals surface area contributed by atoms with Gasteiger partial charge in [0.1, 0.15) is 7.11 Å². The number of hydrogen-bond acceptors (Lipinski definition) is 6. The second kappa shape index (κ2) is 10.4. The fourth-order valence-electron chi connectivity index (χ4n) is 4.60. The van der Waals surface area contributed by atoms with Crippen molar-refractivity contribution in [2.45, 2.75) is 26.3 Å². The molecule has 8 heteroatoms. The van der Waals surface area contributed by atoms with Crippen LogP contribution < -0.4 is 0 Å². The molecular formula is C26H31N3O5. The van der Waals surface area contributed by atoms with E-state index in [9.17, 15) is 14.7 Å². The number of nitrogens with zero attached hydrogens (tertiary/aromatic N) is 3. The molecule has 2 heterocycles. The van der Waals surface area contributed by atoms with E-state index in [1.54, 1.807) is 21.9 Å². The number of ether oxygens (including phenoxy) is 1. The number of aryl methyl sites for hydroxylation is 1. The Morgan fingerprint density at radius 3 is 2.59 bits per heavy atom. The number of benzene rings is 2. The van der Waals surface area contributed by atoms with Crippen LogP contribution in [0.15, 0.2) is 41.6 Å². The summed E-state index contributed by atoms with van der Waals surface area (Å²) < 4.78 is 5.42. The summed E-state index contributed by atoms with van der Waals surface area (Å²) in [5, 5.41) is 13.8. The number of hydrogen-bond donors (Lipinski definition) is 1. The van der Waals surface area contributed by atoms with Crippen LogP contribution in [0.2, 0.25) is 0 Å². The molecule has 2 fully saturated rings. The van der Waals surface area contributed by atoms with Crippen molar-refractivity contribution in [2.24, 2.45) is 5.16 Å². The Labute approximate surface area is 199 Å². The van der Waals surface area contributed by atoms with E-state index in [-0.39, 0.29) is 31.0 Å². The first-order valence-corrected chi connectivity index (χ1v) is 11.5. The topological polar surface area (TPSA) is 91.7 Å². The lowest BCUT2D eigenvalue weighted by Crippen LogP contribution is -2.41. The lowest BCUT2D eigenvalue weighted by molar-refractivity contribution is 0.0303. The third-order valence-corrected chi connectivity index (χ3v) is 6.65. The summed E-state index contributed by atoms with van der Waals surface area (Å²) in [7, 11) is 1.46. The molecular weight excluding hydrogens is 434 g/mol. The van der Waals surface area contributed by atoms with Gasteiger partial charge in [-0.15, -0.1) is 0 Å². The van der Waals surface area contributed by atoms with E-state index in [0.717, 1.165) is 22.3 Å². The predicted molar refractivity (Wildman–Crippen MR) is 129 cm³/mol. The number of carbonyl (C=O) groups is 2. The van der Waals surface area contributed by atoms with E-state index < -0.39 is 0 Å². The van der Waals surface area contributed by atoms with Crippen LogP contribution >= 0.6 is 0 Å². The summed E-state index contributed by atoms with van der Waals surface area (Å²) in [6.45, 7) is 6.21. The summed E-state index contributed by atoms with van der Waals surface area (Å²) in [6.07, 6.45) is 0.455. The van der Waals surface area contributed by atoms with Crippen molar-refractivity contribution in [2.75, 3.05) is 46.6 Å². The number of aliphatic hydroxyl groups is 1. The minimum Gasteiger partial charge on any atom is -0.399 e. The molecule has 180 valence electrons. The minimum absolute atomic E-state index is 0.115. The van der Waals surface area contributed by atoms with Crippen molar-refractivity contribution in [3.63, 3.8) is 0 Å². The summed E-state index contributed by atoms with van der Waals surface area (Å²) >= 11 is 0. The summed E-state index contributed by atoms with van der Waals surface area (Å²) in [5.74, 6) is -0.362. The van der Waals surface area contributed by atoms with Gasteiger partial charge in [-0.3, -0.25) is 9.59 Å². The first-order valence-electron chi connectivity index (χ1n) is 11.5. The molecule has 0 radical (unpaired) electrons. The SMILES string of the molecule is CO/N=C1/C[C@@H](CO)N(C(=O)c2ccc(-c3cccc(C)c3C)c(C(=O)N3CCOCC3)c2)C1. The molecule has 2 aromatic rings. The molecule has 34 heavy (non-hydrogen) atoms. The van der Waals surface area contributed by atoms with Gasteiger partial charge < -0.3 is 24.5 Å². The molecule has 4 rings (SSSR count). The average molecular weight is 466 g/mol. The Morgan fingerprint density at radius 2 is 1.88 bits per heavy atom. The number of carbonyl (C=O) groups excluding carboxylic acids is 2. The van der Waals surface area contributed by atoms with Crippen molar-refractivity contribution >= 4 is 17.5 Å². The first kappa shape index (κ1) is 23.9. The fraction of sp³-hybridized carbons (Fsp3) is 0.423. The smallest absolute Gasteiger partial charge is 0.254 e. The largest absolute Gasteiger partial charge is 0.399 e. The van der Waals surface area contributed by atoms with Gasteiger partial charge in [-0.25, -0.2) is 0 Å². The van der Waals surface area contributed by atoms with Crippen LogP contribution in [-0.2, 0) is 9.57 Å². The number of oxime groups is 1. The van der Waals surface area contributed by atoms with Crippen LogP contribution in [0.5, 0.6) is 0 Å². The molecule has 2 aromatic carbocycles. The number of aliphatic hydroxyl groups excluding tert-OH is 1. The lowest BCUT2D eigenvalue weighted by atomic mass is 9.91. The van der Waals surface area contributed by atoms with Gasteiger partial charge in [0.25, 0.3) is 11.8 Å². The standard InChI is InChI=1S/C26H31N3O5/c1-17-5-4-6-22(18(17)2)23-8-7-19(13-24(23)26(32)28-9-11-34-12-10-28)25(31)29-15-20(27-33-3)14-21(29)16-30/h4-8,13,21,30H,9-12,14-16H2,1-3H3/b27-20-/t21-/m0/s1. The van der Waals surface area contributed by atoms with Crippen molar-refractivity contribution in [3.8, 4) is 11.1 Å². The third kappa shape index (κ3) is 4.69. The molecule has 2 aliphatic rings. The van der Waals surface area contributed by atoms with E-state index in [1.165, 1.54) is 7.11 Å². The highest BCUT2D eigenvalue weighted by Crippen LogP contribution is 2.31. The zero-order valence-corrected chi connectivity index (χ0v) is 19.9. The normalized spacial score (nSPS) is 19.5. The van der Waals surface area contributed by atoms with Crippen molar-refractivity contribution in [1.82, 2.24) is 9.80 Å². The highest BCUT2D eigenvalue weighted by Gasteiger charge is 2.34. The van der Waals surface area contributed by atoms with Crippen LogP contribution in [0.25, 0.3) is 11.1 Å². The molecule has 0 aliphatic carbocycles. The molecule has 0 unspecified atom stereocenters. The maximum absolute atomic E-state index is 13.6. The number of amides is 2. The van der Waals surface area contributed by atoms with E-state index in [4.69, 9.17) is 9.57 Å². The number of rotatable bonds is 5. The van der Waals surface area contributed by atoms with Crippen molar-refractivity contribution in [3.05, 3.63) is 58.7 Å². The van der Waals surface area contributed by atoms with Crippen LogP contribution in [0.3, 0.4) is 0 Å². The van der Waals surface area contributed by atoms with E-state index >= 15 is 0 Å². The number of morpholine rings is 1. The molecule has 0 saturated carbocycles. The Morgan fingerprint density at radius 1 is 1.12 bits per heavy atom. The van der Waals surface area contributed by atoms with E-state index in [0.29, 0.717) is 49.6 Å². The van der Waals surface area contributed by atoms with Gasteiger partial charge in [-0.05, 0) is 48.2 Å². The van der Waals surface area contributed by atoms with Gasteiger partial charge in [0.15, 0.2) is 0 Å². The maximum atomic E-state index is 13.6. The molecule has 0 bridgehead atoms. The molecule has 2 saturated heterocycles. The van der Waals surface area contributed by atoms with Gasteiger partial charge >= 0.3 is 0 Å². The van der Waals surface area contributed by atoms with Crippen molar-refractivity contribution < 1.29 is 24.3 Å². The molecule has 2 aliphatic heterocycles. The Hall–Kier alpha value is -3.23. The first-order chi connectivity index (χ1) is 16.4. The Balaban J connectivity index is 1.75. The molecule has 0 aromatic heterocycles. The highest BCUT2D eigenvalue weighted by molar-refractivity contribution is 6.06. The maximum Gasteiger partial charge on any atom is 0.254 e. The van der Waals surface area contributed by atoms with Crippen LogP contribution in [0.4, 0.5) is 0 Å². The highest BCUT2D eigenvalue weighted by atomic mass is 16.6. The Bertz CT molecular complexity index is 1110. The minimum atomic E-state index is -0.376. The average Bonchev–Trinajstić information content (AvgIpc) is 3.28. The quantitative estimate of drug-likeness (QED) is 0.686. The molecule has 1 N–H and O–H groups in total. The van der Waals surface area contributed by atoms with Gasteiger partial charge in [0, 0.05) is 30.6 Å². The van der Waals surface area contributed by atoms with Crippen LogP contribution in [-0.4, -0.2) is 85.0 Å². The second-order valence-corrected chi connectivity index (χ2v) is 8.73. The van der Waals surface area contributed by atoms with Gasteiger partial charge in [-0.2, -0.15) is 0 Å². The molecule has 1 atom stereocenters. The second-order valence-electron chi connectivity index (χ2n) is 8.73. The van der Waals surface area contributed by atoms with Crippen LogP contribution in [0, 0.1) is 13.8 Å².